The van der Waals surface area contributed by atoms with Crippen molar-refractivity contribution in [3.63, 3.8) is 0 Å². The maximum atomic E-state index is 12.5. The number of aliphatic hydroxyl groups is 1. The van der Waals surface area contributed by atoms with E-state index in [0.717, 1.165) is 32.2 Å². The topological polar surface area (TPSA) is 61.8 Å². The van der Waals surface area contributed by atoms with Crippen LogP contribution in [0, 0.1) is 5.92 Å². The van der Waals surface area contributed by atoms with Gasteiger partial charge in [0.25, 0.3) is 0 Å². The first-order valence-corrected chi connectivity index (χ1v) is 8.85. The highest BCUT2D eigenvalue weighted by atomic mass is 16.6. The van der Waals surface area contributed by atoms with Crippen LogP contribution in [0.4, 0.5) is 4.79 Å². The SMILES string of the molecule is C[C@@H](N[C@@H]1C=C[C@H](CO)C1)[C@H]1CCCCN1C(=O)OC(C)(C)C. The average Bonchev–Trinajstić information content (AvgIpc) is 2.93. The molecule has 0 saturated carbocycles. The number of nitrogens with one attached hydrogen (secondary N) is 1. The molecule has 2 aliphatic rings. The predicted octanol–water partition coefficient (Wildman–Crippen LogP) is 2.69. The molecule has 0 aromatic heterocycles. The Morgan fingerprint density at radius 1 is 1.39 bits per heavy atom. The van der Waals surface area contributed by atoms with Crippen molar-refractivity contribution in [2.75, 3.05) is 13.2 Å². The quantitative estimate of drug-likeness (QED) is 0.781. The van der Waals surface area contributed by atoms with Crippen molar-refractivity contribution in [1.82, 2.24) is 10.2 Å². The van der Waals surface area contributed by atoms with Crippen molar-refractivity contribution in [3.8, 4) is 0 Å². The molecule has 5 nitrogen and oxygen atoms in total. The predicted molar refractivity (Wildman–Crippen MR) is 91.3 cm³/mol. The van der Waals surface area contributed by atoms with Gasteiger partial charge in [-0.1, -0.05) is 12.2 Å². The lowest BCUT2D eigenvalue weighted by Crippen LogP contribution is -2.55. The molecule has 0 aromatic carbocycles. The van der Waals surface area contributed by atoms with Gasteiger partial charge in [-0.3, -0.25) is 0 Å². The van der Waals surface area contributed by atoms with Gasteiger partial charge in [0.05, 0.1) is 6.04 Å². The molecule has 5 heteroatoms. The average molecular weight is 324 g/mol. The summed E-state index contributed by atoms with van der Waals surface area (Å²) in [5.41, 5.74) is -0.460. The second kappa shape index (κ2) is 7.67. The van der Waals surface area contributed by atoms with Crippen LogP contribution in [0.25, 0.3) is 0 Å². The highest BCUT2D eigenvalue weighted by Gasteiger charge is 2.34. The number of aliphatic hydroxyl groups excluding tert-OH is 1. The van der Waals surface area contributed by atoms with Crippen molar-refractivity contribution < 1.29 is 14.6 Å². The highest BCUT2D eigenvalue weighted by molar-refractivity contribution is 5.68. The smallest absolute Gasteiger partial charge is 0.410 e. The van der Waals surface area contributed by atoms with Crippen LogP contribution in [0.1, 0.15) is 53.4 Å². The minimum Gasteiger partial charge on any atom is -0.444 e. The van der Waals surface area contributed by atoms with E-state index in [2.05, 4.69) is 24.4 Å². The van der Waals surface area contributed by atoms with Gasteiger partial charge in [-0.15, -0.1) is 0 Å². The van der Waals surface area contributed by atoms with Crippen molar-refractivity contribution in [2.45, 2.75) is 77.1 Å². The third-order valence-electron chi connectivity index (χ3n) is 4.64. The number of hydrogen-bond donors (Lipinski definition) is 2. The van der Waals surface area contributed by atoms with Gasteiger partial charge in [-0.05, 0) is 53.4 Å². The molecule has 2 rings (SSSR count). The summed E-state index contributed by atoms with van der Waals surface area (Å²) in [6, 6.07) is 0.652. The van der Waals surface area contributed by atoms with E-state index in [1.165, 1.54) is 0 Å². The van der Waals surface area contributed by atoms with E-state index in [1.54, 1.807) is 0 Å². The Labute approximate surface area is 140 Å². The van der Waals surface area contributed by atoms with Gasteiger partial charge in [0.1, 0.15) is 5.60 Å². The summed E-state index contributed by atoms with van der Waals surface area (Å²) in [5, 5.41) is 12.9. The summed E-state index contributed by atoms with van der Waals surface area (Å²) in [6.07, 6.45) is 8.14. The van der Waals surface area contributed by atoms with E-state index in [-0.39, 0.29) is 36.7 Å². The third-order valence-corrected chi connectivity index (χ3v) is 4.64. The Balaban J connectivity index is 1.94. The molecule has 1 aliphatic heterocycles. The molecule has 1 amide bonds. The Morgan fingerprint density at radius 2 is 2.13 bits per heavy atom. The molecular formula is C18H32N2O3. The molecule has 23 heavy (non-hydrogen) atoms. The molecule has 2 N–H and O–H groups in total. The zero-order valence-corrected chi connectivity index (χ0v) is 14.9. The van der Waals surface area contributed by atoms with Gasteiger partial charge >= 0.3 is 6.09 Å². The van der Waals surface area contributed by atoms with Gasteiger partial charge in [-0.25, -0.2) is 4.79 Å². The zero-order chi connectivity index (χ0) is 17.0. The van der Waals surface area contributed by atoms with Crippen LogP contribution in [0.2, 0.25) is 0 Å². The van der Waals surface area contributed by atoms with E-state index in [0.29, 0.717) is 0 Å². The molecule has 0 bridgehead atoms. The van der Waals surface area contributed by atoms with Gasteiger partial charge in [0, 0.05) is 31.2 Å². The van der Waals surface area contributed by atoms with E-state index >= 15 is 0 Å². The number of rotatable bonds is 4. The summed E-state index contributed by atoms with van der Waals surface area (Å²) >= 11 is 0. The normalized spacial score (nSPS) is 29.6. The fourth-order valence-corrected chi connectivity index (χ4v) is 3.51. The summed E-state index contributed by atoms with van der Waals surface area (Å²) < 4.78 is 5.57. The molecule has 0 radical (unpaired) electrons. The molecule has 1 aliphatic carbocycles. The first-order valence-electron chi connectivity index (χ1n) is 8.85. The molecular weight excluding hydrogens is 292 g/mol. The minimum absolute atomic E-state index is 0.167. The minimum atomic E-state index is -0.460. The molecule has 0 aromatic rings. The van der Waals surface area contributed by atoms with Crippen LogP contribution in [-0.4, -0.2) is 53.0 Å². The lowest BCUT2D eigenvalue weighted by Gasteiger charge is -2.40. The van der Waals surface area contributed by atoms with E-state index in [4.69, 9.17) is 4.74 Å². The van der Waals surface area contributed by atoms with Gasteiger partial charge in [0.2, 0.25) is 0 Å². The second-order valence-electron chi connectivity index (χ2n) is 7.86. The van der Waals surface area contributed by atoms with Crippen LogP contribution in [0.3, 0.4) is 0 Å². The highest BCUT2D eigenvalue weighted by Crippen LogP contribution is 2.24. The summed E-state index contributed by atoms with van der Waals surface area (Å²) in [7, 11) is 0. The standard InChI is InChI=1S/C18H32N2O3/c1-13(19-15-9-8-14(11-15)12-21)16-7-5-6-10-20(16)17(22)23-18(2,3)4/h8-9,13-16,19,21H,5-7,10-12H2,1-4H3/t13-,14+,15-,16-/m1/s1. The summed E-state index contributed by atoms with van der Waals surface area (Å²) in [6.45, 7) is 8.84. The van der Waals surface area contributed by atoms with Crippen molar-refractivity contribution in [2.24, 2.45) is 5.92 Å². The maximum absolute atomic E-state index is 12.5. The molecule has 4 atom stereocenters. The van der Waals surface area contributed by atoms with Crippen LogP contribution in [-0.2, 0) is 4.74 Å². The number of carbonyl (C=O) groups excluding carboxylic acids is 1. The first-order chi connectivity index (χ1) is 10.8. The van der Waals surface area contributed by atoms with Crippen LogP contribution < -0.4 is 5.32 Å². The number of hydrogen-bond acceptors (Lipinski definition) is 4. The van der Waals surface area contributed by atoms with Crippen LogP contribution in [0.15, 0.2) is 12.2 Å². The Morgan fingerprint density at radius 3 is 2.74 bits per heavy atom. The van der Waals surface area contributed by atoms with E-state index < -0.39 is 5.60 Å². The van der Waals surface area contributed by atoms with E-state index in [9.17, 15) is 9.90 Å². The molecule has 1 fully saturated rings. The monoisotopic (exact) mass is 324 g/mol. The Bertz CT molecular complexity index is 430. The fraction of sp³-hybridized carbons (Fsp3) is 0.833. The fourth-order valence-electron chi connectivity index (χ4n) is 3.51. The molecule has 0 unspecified atom stereocenters. The molecule has 132 valence electrons. The Hall–Kier alpha value is -1.07. The van der Waals surface area contributed by atoms with Gasteiger partial charge in [-0.2, -0.15) is 0 Å². The van der Waals surface area contributed by atoms with Crippen molar-refractivity contribution in [3.05, 3.63) is 12.2 Å². The van der Waals surface area contributed by atoms with Crippen LogP contribution in [0.5, 0.6) is 0 Å². The Kier molecular flexibility index (Phi) is 6.09. The second-order valence-corrected chi connectivity index (χ2v) is 7.86. The maximum Gasteiger partial charge on any atom is 0.410 e. The number of amides is 1. The van der Waals surface area contributed by atoms with Gasteiger partial charge in [0.15, 0.2) is 0 Å². The van der Waals surface area contributed by atoms with Crippen molar-refractivity contribution >= 4 is 6.09 Å². The zero-order valence-electron chi connectivity index (χ0n) is 14.9. The molecule has 1 heterocycles. The molecule has 1 saturated heterocycles. The third kappa shape index (κ3) is 5.21. The molecule has 0 spiro atoms. The van der Waals surface area contributed by atoms with Crippen LogP contribution >= 0.6 is 0 Å². The number of ether oxygens (including phenoxy) is 1. The van der Waals surface area contributed by atoms with Crippen molar-refractivity contribution in [1.29, 1.82) is 0 Å². The van der Waals surface area contributed by atoms with Gasteiger partial charge < -0.3 is 20.1 Å². The lowest BCUT2D eigenvalue weighted by atomic mass is 9.96. The number of piperidine rings is 1. The lowest BCUT2D eigenvalue weighted by molar-refractivity contribution is 0.00523. The number of carbonyl (C=O) groups is 1. The van der Waals surface area contributed by atoms with E-state index in [1.807, 2.05) is 25.7 Å². The number of likely N-dealkylation sites (tertiary alicyclic amines) is 1. The largest absolute Gasteiger partial charge is 0.444 e. The summed E-state index contributed by atoms with van der Waals surface area (Å²) in [4.78, 5) is 14.4. The first kappa shape index (κ1) is 18.3. The summed E-state index contributed by atoms with van der Waals surface area (Å²) in [5.74, 6) is 0.257. The number of nitrogens with zero attached hydrogens (tertiary/aromatic N) is 1.